The first kappa shape index (κ1) is 14.1. The molecule has 2 rings (SSSR count). The van der Waals surface area contributed by atoms with Crippen molar-refractivity contribution in [2.75, 3.05) is 39.3 Å². The number of aromatic amines is 1. The molecule has 0 radical (unpaired) electrons. The number of hydrogen-bond acceptors (Lipinski definition) is 3. The lowest BCUT2D eigenvalue weighted by Crippen LogP contribution is -2.43. The molecule has 1 aliphatic heterocycles. The summed E-state index contributed by atoms with van der Waals surface area (Å²) >= 11 is 0. The molecule has 0 atom stereocenters. The van der Waals surface area contributed by atoms with Gasteiger partial charge in [0.2, 0.25) is 5.91 Å². The van der Waals surface area contributed by atoms with E-state index >= 15 is 0 Å². The van der Waals surface area contributed by atoms with E-state index in [2.05, 4.69) is 20.5 Å². The van der Waals surface area contributed by atoms with E-state index in [4.69, 9.17) is 0 Å². The second-order valence-electron chi connectivity index (χ2n) is 5.01. The lowest BCUT2D eigenvalue weighted by atomic mass is 10.2. The van der Waals surface area contributed by atoms with Gasteiger partial charge in [0.25, 0.3) is 0 Å². The Bertz CT molecular complexity index is 358. The van der Waals surface area contributed by atoms with Crippen molar-refractivity contribution in [1.82, 2.24) is 20.5 Å². The molecule has 1 aliphatic rings. The normalized spacial score (nSPS) is 16.4. The van der Waals surface area contributed by atoms with Crippen LogP contribution in [0.1, 0.15) is 18.4 Å². The molecule has 1 fully saturated rings. The molecule has 0 bridgehead atoms. The molecule has 0 aromatic carbocycles. The van der Waals surface area contributed by atoms with Gasteiger partial charge in [-0.25, -0.2) is 0 Å². The molecule has 0 saturated carbocycles. The average molecular weight is 264 g/mol. The SMILES string of the molecule is O=C(CCCN1CCNCC1)NCCc1cc[nH]c1. The fraction of sp³-hybridized carbons (Fsp3) is 0.643. The summed E-state index contributed by atoms with van der Waals surface area (Å²) < 4.78 is 0. The van der Waals surface area contributed by atoms with Crippen molar-refractivity contribution >= 4 is 5.91 Å². The lowest BCUT2D eigenvalue weighted by molar-refractivity contribution is -0.121. The van der Waals surface area contributed by atoms with Gasteiger partial charge in [-0.15, -0.1) is 0 Å². The van der Waals surface area contributed by atoms with Crippen LogP contribution in [-0.4, -0.2) is 55.1 Å². The van der Waals surface area contributed by atoms with Crippen molar-refractivity contribution in [3.63, 3.8) is 0 Å². The molecule has 5 nitrogen and oxygen atoms in total. The van der Waals surface area contributed by atoms with Crippen molar-refractivity contribution in [1.29, 1.82) is 0 Å². The fourth-order valence-electron chi connectivity index (χ4n) is 2.35. The van der Waals surface area contributed by atoms with Crippen LogP contribution < -0.4 is 10.6 Å². The molecular formula is C14H24N4O. The number of nitrogens with zero attached hydrogens (tertiary/aromatic N) is 1. The maximum atomic E-state index is 11.7. The van der Waals surface area contributed by atoms with Gasteiger partial charge in [0, 0.05) is 51.5 Å². The topological polar surface area (TPSA) is 60.2 Å². The molecule has 3 N–H and O–H groups in total. The van der Waals surface area contributed by atoms with Crippen LogP contribution in [0.15, 0.2) is 18.5 Å². The number of amides is 1. The van der Waals surface area contributed by atoms with Crippen LogP contribution in [0.4, 0.5) is 0 Å². The van der Waals surface area contributed by atoms with Gasteiger partial charge < -0.3 is 20.5 Å². The number of hydrogen-bond donors (Lipinski definition) is 3. The van der Waals surface area contributed by atoms with E-state index in [1.54, 1.807) is 0 Å². The quantitative estimate of drug-likeness (QED) is 0.666. The lowest BCUT2D eigenvalue weighted by Gasteiger charge is -2.26. The summed E-state index contributed by atoms with van der Waals surface area (Å²) in [6.07, 6.45) is 6.36. The summed E-state index contributed by atoms with van der Waals surface area (Å²) in [6, 6.07) is 2.04. The smallest absolute Gasteiger partial charge is 0.220 e. The highest BCUT2D eigenvalue weighted by molar-refractivity contribution is 5.75. The number of rotatable bonds is 7. The zero-order valence-electron chi connectivity index (χ0n) is 11.5. The van der Waals surface area contributed by atoms with E-state index in [1.165, 1.54) is 5.56 Å². The molecular weight excluding hydrogens is 240 g/mol. The highest BCUT2D eigenvalue weighted by Gasteiger charge is 2.09. The molecule has 1 aromatic heterocycles. The summed E-state index contributed by atoms with van der Waals surface area (Å²) in [4.78, 5) is 17.1. The summed E-state index contributed by atoms with van der Waals surface area (Å²) in [5, 5.41) is 6.31. The summed E-state index contributed by atoms with van der Waals surface area (Å²) in [7, 11) is 0. The van der Waals surface area contributed by atoms with Gasteiger partial charge in [-0.2, -0.15) is 0 Å². The van der Waals surface area contributed by atoms with Crippen LogP contribution in [0.25, 0.3) is 0 Å². The third-order valence-corrected chi connectivity index (χ3v) is 3.49. The molecule has 1 amide bonds. The first-order valence-corrected chi connectivity index (χ1v) is 7.16. The molecule has 1 aromatic rings. The van der Waals surface area contributed by atoms with Crippen molar-refractivity contribution in [3.05, 3.63) is 24.0 Å². The molecule has 0 aliphatic carbocycles. The first-order chi connectivity index (χ1) is 9.34. The Morgan fingerprint density at radius 1 is 1.37 bits per heavy atom. The van der Waals surface area contributed by atoms with Crippen LogP contribution in [0.3, 0.4) is 0 Å². The van der Waals surface area contributed by atoms with E-state index in [0.717, 1.165) is 52.1 Å². The fourth-order valence-corrected chi connectivity index (χ4v) is 2.35. The van der Waals surface area contributed by atoms with Crippen LogP contribution in [-0.2, 0) is 11.2 Å². The number of H-pyrrole nitrogens is 1. The largest absolute Gasteiger partial charge is 0.367 e. The summed E-state index contributed by atoms with van der Waals surface area (Å²) in [6.45, 7) is 6.12. The van der Waals surface area contributed by atoms with Gasteiger partial charge >= 0.3 is 0 Å². The number of carbonyl (C=O) groups is 1. The number of carbonyl (C=O) groups excluding carboxylic acids is 1. The number of piperazine rings is 1. The van der Waals surface area contributed by atoms with Crippen LogP contribution in [0.5, 0.6) is 0 Å². The van der Waals surface area contributed by atoms with Crippen LogP contribution >= 0.6 is 0 Å². The Kier molecular flexibility index (Phi) is 5.91. The van der Waals surface area contributed by atoms with E-state index in [-0.39, 0.29) is 5.91 Å². The molecule has 0 spiro atoms. The average Bonchev–Trinajstić information content (AvgIpc) is 2.93. The van der Waals surface area contributed by atoms with Crippen molar-refractivity contribution < 1.29 is 4.79 Å². The Morgan fingerprint density at radius 3 is 2.95 bits per heavy atom. The second-order valence-corrected chi connectivity index (χ2v) is 5.01. The predicted octanol–water partition coefficient (Wildman–Crippen LogP) is 0.359. The van der Waals surface area contributed by atoms with Gasteiger partial charge in [0.15, 0.2) is 0 Å². The van der Waals surface area contributed by atoms with Crippen molar-refractivity contribution in [3.8, 4) is 0 Å². The standard InChI is InChI=1S/C14H24N4O/c19-14(17-6-4-13-3-5-16-12-13)2-1-9-18-10-7-15-8-11-18/h3,5,12,15-16H,1-2,4,6-11H2,(H,17,19). The van der Waals surface area contributed by atoms with Gasteiger partial charge in [0.1, 0.15) is 0 Å². The third-order valence-electron chi connectivity index (χ3n) is 3.49. The highest BCUT2D eigenvalue weighted by atomic mass is 16.1. The Hall–Kier alpha value is -1.33. The third kappa shape index (κ3) is 5.44. The van der Waals surface area contributed by atoms with Crippen LogP contribution in [0, 0.1) is 0 Å². The highest BCUT2D eigenvalue weighted by Crippen LogP contribution is 1.99. The maximum absolute atomic E-state index is 11.7. The van der Waals surface area contributed by atoms with Gasteiger partial charge in [-0.05, 0) is 31.0 Å². The maximum Gasteiger partial charge on any atom is 0.220 e. The van der Waals surface area contributed by atoms with E-state index in [1.807, 2.05) is 18.5 Å². The van der Waals surface area contributed by atoms with Crippen molar-refractivity contribution in [2.24, 2.45) is 0 Å². The number of aromatic nitrogens is 1. The number of nitrogens with one attached hydrogen (secondary N) is 3. The van der Waals surface area contributed by atoms with Crippen LogP contribution in [0.2, 0.25) is 0 Å². The Balaban J connectivity index is 1.49. The van der Waals surface area contributed by atoms with E-state index < -0.39 is 0 Å². The molecule has 1 saturated heterocycles. The molecule has 2 heterocycles. The zero-order chi connectivity index (χ0) is 13.3. The minimum Gasteiger partial charge on any atom is -0.367 e. The minimum absolute atomic E-state index is 0.172. The monoisotopic (exact) mass is 264 g/mol. The van der Waals surface area contributed by atoms with Crippen molar-refractivity contribution in [2.45, 2.75) is 19.3 Å². The first-order valence-electron chi connectivity index (χ1n) is 7.16. The van der Waals surface area contributed by atoms with E-state index in [9.17, 15) is 4.79 Å². The Morgan fingerprint density at radius 2 is 2.21 bits per heavy atom. The van der Waals surface area contributed by atoms with E-state index in [0.29, 0.717) is 6.42 Å². The minimum atomic E-state index is 0.172. The predicted molar refractivity (Wildman–Crippen MR) is 76.1 cm³/mol. The second kappa shape index (κ2) is 7.96. The summed E-state index contributed by atoms with van der Waals surface area (Å²) in [5.74, 6) is 0.172. The molecule has 0 unspecified atom stereocenters. The molecule has 19 heavy (non-hydrogen) atoms. The zero-order valence-corrected chi connectivity index (χ0v) is 11.5. The Labute approximate surface area is 114 Å². The molecule has 5 heteroatoms. The molecule has 106 valence electrons. The van der Waals surface area contributed by atoms with Gasteiger partial charge in [0.05, 0.1) is 0 Å². The summed E-state index contributed by atoms with van der Waals surface area (Å²) in [5.41, 5.74) is 1.24. The van der Waals surface area contributed by atoms with Gasteiger partial charge in [-0.3, -0.25) is 4.79 Å². The van der Waals surface area contributed by atoms with Gasteiger partial charge in [-0.1, -0.05) is 0 Å².